The van der Waals surface area contributed by atoms with Crippen LogP contribution < -0.4 is 0 Å². The zero-order chi connectivity index (χ0) is 20.5. The topological polar surface area (TPSA) is 43.7 Å². The summed E-state index contributed by atoms with van der Waals surface area (Å²) in [6.45, 7) is 4.53. The van der Waals surface area contributed by atoms with Gasteiger partial charge < -0.3 is 15.1 Å². The minimum atomic E-state index is 0.239. The van der Waals surface area contributed by atoms with Crippen molar-refractivity contribution in [2.45, 2.75) is 122 Å². The Morgan fingerprint density at radius 3 is 1.32 bits per heavy atom. The summed E-state index contributed by atoms with van der Waals surface area (Å²) in [4.78, 5) is 2.22. The first-order valence-corrected chi connectivity index (χ1v) is 12.5. The fraction of sp³-hybridized carbons (Fsp3) is 0.920. The maximum Gasteiger partial charge on any atom is 0.0447 e. The van der Waals surface area contributed by atoms with Gasteiger partial charge in [-0.25, -0.2) is 0 Å². The first kappa shape index (κ1) is 27.5. The Balaban J connectivity index is 3.33. The van der Waals surface area contributed by atoms with Gasteiger partial charge in [0.15, 0.2) is 0 Å². The number of unbranched alkanes of at least 4 members (excludes halogenated alkanes) is 15. The lowest BCUT2D eigenvalue weighted by atomic mass is 10.0. The van der Waals surface area contributed by atoms with Crippen LogP contribution in [0.1, 0.15) is 122 Å². The third-order valence-corrected chi connectivity index (χ3v) is 5.50. The summed E-state index contributed by atoms with van der Waals surface area (Å²) in [7, 11) is 0. The first-order valence-electron chi connectivity index (χ1n) is 12.5. The van der Waals surface area contributed by atoms with Crippen LogP contribution in [0.15, 0.2) is 12.3 Å². The number of aliphatic hydroxyl groups is 2. The summed E-state index contributed by atoms with van der Waals surface area (Å²) < 4.78 is 0. The normalized spacial score (nSPS) is 11.5. The summed E-state index contributed by atoms with van der Waals surface area (Å²) in [6.07, 6.45) is 28.3. The molecule has 0 fully saturated rings. The Labute approximate surface area is 176 Å². The van der Waals surface area contributed by atoms with Gasteiger partial charge in [-0.05, 0) is 31.9 Å². The van der Waals surface area contributed by atoms with E-state index >= 15 is 0 Å². The Bertz CT molecular complexity index is 299. The largest absolute Gasteiger partial charge is 0.396 e. The molecule has 0 radical (unpaired) electrons. The van der Waals surface area contributed by atoms with Gasteiger partial charge >= 0.3 is 0 Å². The van der Waals surface area contributed by atoms with Crippen molar-refractivity contribution in [3.05, 3.63) is 12.3 Å². The maximum atomic E-state index is 8.96. The van der Waals surface area contributed by atoms with Crippen LogP contribution in [0.2, 0.25) is 0 Å². The molecule has 168 valence electrons. The molecule has 0 atom stereocenters. The van der Waals surface area contributed by atoms with E-state index in [2.05, 4.69) is 24.1 Å². The predicted octanol–water partition coefficient (Wildman–Crippen LogP) is 6.83. The average molecular weight is 398 g/mol. The number of allylic oxidation sites excluding steroid dienone is 1. The molecule has 0 aliphatic carbocycles. The minimum Gasteiger partial charge on any atom is -0.396 e. The molecule has 0 amide bonds. The van der Waals surface area contributed by atoms with Crippen LogP contribution in [0, 0.1) is 0 Å². The van der Waals surface area contributed by atoms with Crippen LogP contribution in [0.5, 0.6) is 0 Å². The predicted molar refractivity (Wildman–Crippen MR) is 124 cm³/mol. The van der Waals surface area contributed by atoms with Crippen LogP contribution >= 0.6 is 0 Å². The summed E-state index contributed by atoms with van der Waals surface area (Å²) in [5.41, 5.74) is 0. The molecule has 0 aromatic carbocycles. The highest BCUT2D eigenvalue weighted by molar-refractivity contribution is 4.82. The molecular weight excluding hydrogens is 346 g/mol. The Hall–Kier alpha value is -0.540. The van der Waals surface area contributed by atoms with E-state index in [9.17, 15) is 0 Å². The van der Waals surface area contributed by atoms with Gasteiger partial charge in [-0.1, -0.05) is 103 Å². The average Bonchev–Trinajstić information content (AvgIpc) is 2.71. The quantitative estimate of drug-likeness (QED) is 0.186. The van der Waals surface area contributed by atoms with Crippen molar-refractivity contribution in [3.63, 3.8) is 0 Å². The molecule has 0 aliphatic heterocycles. The molecular formula is C25H51NO2. The van der Waals surface area contributed by atoms with E-state index in [1.807, 2.05) is 0 Å². The van der Waals surface area contributed by atoms with Crippen LogP contribution in [0.25, 0.3) is 0 Å². The molecule has 0 bridgehead atoms. The van der Waals surface area contributed by atoms with Gasteiger partial charge in [-0.2, -0.15) is 0 Å². The van der Waals surface area contributed by atoms with Gasteiger partial charge in [0.25, 0.3) is 0 Å². The molecule has 0 aromatic heterocycles. The van der Waals surface area contributed by atoms with Crippen molar-refractivity contribution in [1.82, 2.24) is 4.90 Å². The summed E-state index contributed by atoms with van der Waals surface area (Å²) in [6, 6.07) is 0. The zero-order valence-corrected chi connectivity index (χ0v) is 19.1. The summed E-state index contributed by atoms with van der Waals surface area (Å²) in [5, 5.41) is 17.9. The van der Waals surface area contributed by atoms with E-state index in [1.54, 1.807) is 0 Å². The van der Waals surface area contributed by atoms with Gasteiger partial charge in [0, 0.05) is 26.3 Å². The first-order chi connectivity index (χ1) is 13.8. The van der Waals surface area contributed by atoms with Crippen LogP contribution in [0.3, 0.4) is 0 Å². The van der Waals surface area contributed by atoms with Gasteiger partial charge in [0.1, 0.15) is 0 Å². The summed E-state index contributed by atoms with van der Waals surface area (Å²) >= 11 is 0. The monoisotopic (exact) mass is 397 g/mol. The van der Waals surface area contributed by atoms with E-state index in [0.29, 0.717) is 0 Å². The molecule has 0 saturated heterocycles. The number of hydrogen-bond donors (Lipinski definition) is 2. The second-order valence-electron chi connectivity index (χ2n) is 8.31. The smallest absolute Gasteiger partial charge is 0.0447 e. The molecule has 3 nitrogen and oxygen atoms in total. The van der Waals surface area contributed by atoms with Crippen molar-refractivity contribution < 1.29 is 10.2 Å². The number of nitrogens with zero attached hydrogens (tertiary/aromatic N) is 1. The molecule has 2 N–H and O–H groups in total. The fourth-order valence-electron chi connectivity index (χ4n) is 3.67. The second-order valence-corrected chi connectivity index (χ2v) is 8.31. The lowest BCUT2D eigenvalue weighted by Crippen LogP contribution is -2.21. The van der Waals surface area contributed by atoms with E-state index in [-0.39, 0.29) is 13.2 Å². The fourth-order valence-corrected chi connectivity index (χ4v) is 3.67. The van der Waals surface area contributed by atoms with Crippen molar-refractivity contribution in [1.29, 1.82) is 0 Å². The Morgan fingerprint density at radius 1 is 0.536 bits per heavy atom. The molecule has 0 aliphatic rings. The molecule has 0 rings (SSSR count). The van der Waals surface area contributed by atoms with Gasteiger partial charge in [-0.15, -0.1) is 0 Å². The zero-order valence-electron chi connectivity index (χ0n) is 19.1. The third kappa shape index (κ3) is 21.8. The Morgan fingerprint density at radius 2 is 0.929 bits per heavy atom. The van der Waals surface area contributed by atoms with Crippen molar-refractivity contribution >= 4 is 0 Å². The molecule has 0 spiro atoms. The lowest BCUT2D eigenvalue weighted by Gasteiger charge is -2.19. The molecule has 3 heteroatoms. The van der Waals surface area contributed by atoms with E-state index in [1.165, 1.54) is 96.3 Å². The molecule has 0 aromatic rings. The van der Waals surface area contributed by atoms with Gasteiger partial charge in [0.2, 0.25) is 0 Å². The highest BCUT2D eigenvalue weighted by Crippen LogP contribution is 2.13. The summed E-state index contributed by atoms with van der Waals surface area (Å²) in [5.74, 6) is 0. The SMILES string of the molecule is CCCCCCCCCCCCCCCCCC=CN(CCCO)CCCO. The molecule has 28 heavy (non-hydrogen) atoms. The van der Waals surface area contributed by atoms with Crippen molar-refractivity contribution in [3.8, 4) is 0 Å². The van der Waals surface area contributed by atoms with E-state index in [0.717, 1.165) is 32.4 Å². The third-order valence-electron chi connectivity index (χ3n) is 5.50. The van der Waals surface area contributed by atoms with Crippen molar-refractivity contribution in [2.75, 3.05) is 26.3 Å². The van der Waals surface area contributed by atoms with E-state index < -0.39 is 0 Å². The number of aliphatic hydroxyl groups excluding tert-OH is 2. The maximum absolute atomic E-state index is 8.96. The van der Waals surface area contributed by atoms with Crippen LogP contribution in [0.4, 0.5) is 0 Å². The second kappa shape index (κ2) is 24.5. The molecule has 0 heterocycles. The molecule has 0 unspecified atom stereocenters. The van der Waals surface area contributed by atoms with E-state index in [4.69, 9.17) is 10.2 Å². The minimum absolute atomic E-state index is 0.239. The van der Waals surface area contributed by atoms with Gasteiger partial charge in [-0.3, -0.25) is 0 Å². The number of hydrogen-bond acceptors (Lipinski definition) is 3. The molecule has 0 saturated carbocycles. The standard InChI is InChI=1S/C25H51NO2/c1-2-3-4-5-6-7-8-9-10-11-12-13-14-15-16-17-18-21-26(22-19-24-27)23-20-25-28/h18,21,27-28H,2-17,19-20,22-25H2,1H3. The highest BCUT2D eigenvalue weighted by atomic mass is 16.3. The lowest BCUT2D eigenvalue weighted by molar-refractivity contribution is 0.236. The number of rotatable bonds is 23. The Kier molecular flexibility index (Phi) is 24.0. The van der Waals surface area contributed by atoms with Gasteiger partial charge in [0.05, 0.1) is 0 Å². The van der Waals surface area contributed by atoms with Crippen LogP contribution in [-0.2, 0) is 0 Å². The highest BCUT2D eigenvalue weighted by Gasteiger charge is 1.98. The van der Waals surface area contributed by atoms with Crippen LogP contribution in [-0.4, -0.2) is 41.4 Å². The van der Waals surface area contributed by atoms with Crippen molar-refractivity contribution in [2.24, 2.45) is 0 Å².